The summed E-state index contributed by atoms with van der Waals surface area (Å²) in [5.74, 6) is 2.35. The van der Waals surface area contributed by atoms with Gasteiger partial charge < -0.3 is 4.90 Å². The van der Waals surface area contributed by atoms with E-state index in [0.29, 0.717) is 11.7 Å². The molecule has 1 aliphatic heterocycles. The predicted molar refractivity (Wildman–Crippen MR) is 86.3 cm³/mol. The third-order valence-corrected chi connectivity index (χ3v) is 4.50. The molecule has 5 heteroatoms. The van der Waals surface area contributed by atoms with Crippen LogP contribution >= 0.6 is 0 Å². The van der Waals surface area contributed by atoms with E-state index in [2.05, 4.69) is 57.2 Å². The van der Waals surface area contributed by atoms with Crippen molar-refractivity contribution in [1.82, 2.24) is 19.6 Å². The molecule has 1 unspecified atom stereocenters. The van der Waals surface area contributed by atoms with Crippen LogP contribution in [0.2, 0.25) is 0 Å². The molecule has 0 spiro atoms. The first-order valence-electron chi connectivity index (χ1n) is 7.70. The molecule has 0 bridgehead atoms. The second kappa shape index (κ2) is 5.09. The molecule has 0 amide bonds. The van der Waals surface area contributed by atoms with Gasteiger partial charge in [0.25, 0.3) is 5.78 Å². The quantitative estimate of drug-likeness (QED) is 0.729. The molecule has 0 aliphatic carbocycles. The number of benzene rings is 1. The van der Waals surface area contributed by atoms with E-state index in [1.165, 1.54) is 17.5 Å². The van der Waals surface area contributed by atoms with Gasteiger partial charge in [-0.05, 0) is 31.4 Å². The minimum absolute atomic E-state index is 0.577. The monoisotopic (exact) mass is 293 g/mol. The lowest BCUT2D eigenvalue weighted by molar-refractivity contribution is 0.764. The Hall–Kier alpha value is -2.43. The number of hydrogen-bond donors (Lipinski definition) is 0. The third-order valence-electron chi connectivity index (χ3n) is 4.50. The Labute approximate surface area is 129 Å². The highest BCUT2D eigenvalue weighted by atomic mass is 15.4. The first-order valence-corrected chi connectivity index (χ1v) is 7.70. The molecule has 1 fully saturated rings. The van der Waals surface area contributed by atoms with Gasteiger partial charge in [0, 0.05) is 30.8 Å². The van der Waals surface area contributed by atoms with Gasteiger partial charge in [0.15, 0.2) is 0 Å². The first kappa shape index (κ1) is 13.2. The average molecular weight is 293 g/mol. The van der Waals surface area contributed by atoms with Crippen LogP contribution in [-0.4, -0.2) is 32.7 Å². The number of anilines is 1. The Bertz CT molecular complexity index is 823. The van der Waals surface area contributed by atoms with Crippen molar-refractivity contribution in [2.75, 3.05) is 18.0 Å². The smallest absolute Gasteiger partial charge is 0.254 e. The van der Waals surface area contributed by atoms with E-state index >= 15 is 0 Å². The summed E-state index contributed by atoms with van der Waals surface area (Å²) in [5.41, 5.74) is 3.83. The lowest BCUT2D eigenvalue weighted by Gasteiger charge is -2.20. The van der Waals surface area contributed by atoms with Gasteiger partial charge in [0.05, 0.1) is 0 Å². The van der Waals surface area contributed by atoms with Crippen LogP contribution in [0.4, 0.5) is 5.82 Å². The highest BCUT2D eigenvalue weighted by molar-refractivity contribution is 5.49. The molecule has 1 atom stereocenters. The number of aryl methyl sites for hydroxylation is 2. The Morgan fingerprint density at radius 3 is 2.91 bits per heavy atom. The van der Waals surface area contributed by atoms with Crippen LogP contribution in [0.15, 0.2) is 36.7 Å². The number of aromatic nitrogens is 4. The van der Waals surface area contributed by atoms with Crippen LogP contribution in [0.1, 0.15) is 29.2 Å². The van der Waals surface area contributed by atoms with Gasteiger partial charge in [0.1, 0.15) is 12.1 Å². The Balaban J connectivity index is 1.67. The first-order chi connectivity index (χ1) is 10.7. The molecule has 0 saturated carbocycles. The normalized spacial score (nSPS) is 18.3. The fraction of sp³-hybridized carbons (Fsp3) is 0.353. The van der Waals surface area contributed by atoms with E-state index in [1.54, 1.807) is 6.33 Å². The van der Waals surface area contributed by atoms with Crippen LogP contribution in [-0.2, 0) is 0 Å². The van der Waals surface area contributed by atoms with Crippen molar-refractivity contribution in [3.63, 3.8) is 0 Å². The maximum atomic E-state index is 4.42. The zero-order chi connectivity index (χ0) is 15.1. The summed E-state index contributed by atoms with van der Waals surface area (Å²) < 4.78 is 1.84. The molecule has 3 heterocycles. The molecule has 22 heavy (non-hydrogen) atoms. The van der Waals surface area contributed by atoms with Crippen molar-refractivity contribution in [2.24, 2.45) is 0 Å². The fourth-order valence-electron chi connectivity index (χ4n) is 3.40. The highest BCUT2D eigenvalue weighted by Crippen LogP contribution is 2.32. The Kier molecular flexibility index (Phi) is 3.06. The van der Waals surface area contributed by atoms with Gasteiger partial charge >= 0.3 is 0 Å². The van der Waals surface area contributed by atoms with E-state index in [1.807, 2.05) is 11.4 Å². The summed E-state index contributed by atoms with van der Waals surface area (Å²) >= 11 is 0. The summed E-state index contributed by atoms with van der Waals surface area (Å²) in [4.78, 5) is 11.0. The second-order valence-corrected chi connectivity index (χ2v) is 6.02. The number of rotatable bonds is 2. The summed E-state index contributed by atoms with van der Waals surface area (Å²) in [6.45, 7) is 6.26. The van der Waals surface area contributed by atoms with Crippen molar-refractivity contribution < 1.29 is 0 Å². The van der Waals surface area contributed by atoms with Crippen molar-refractivity contribution in [1.29, 1.82) is 0 Å². The zero-order valence-corrected chi connectivity index (χ0v) is 12.9. The van der Waals surface area contributed by atoms with E-state index < -0.39 is 0 Å². The number of hydrogen-bond acceptors (Lipinski definition) is 4. The average Bonchev–Trinajstić information content (AvgIpc) is 3.15. The molecular weight excluding hydrogens is 274 g/mol. The van der Waals surface area contributed by atoms with Gasteiger partial charge in [-0.15, -0.1) is 0 Å². The molecule has 5 nitrogen and oxygen atoms in total. The minimum atomic E-state index is 0.577. The van der Waals surface area contributed by atoms with E-state index in [9.17, 15) is 0 Å². The van der Waals surface area contributed by atoms with Crippen LogP contribution in [0.25, 0.3) is 5.78 Å². The zero-order valence-electron chi connectivity index (χ0n) is 12.9. The van der Waals surface area contributed by atoms with Gasteiger partial charge in [-0.2, -0.15) is 14.6 Å². The maximum absolute atomic E-state index is 4.42. The molecule has 2 aromatic heterocycles. The maximum Gasteiger partial charge on any atom is 0.254 e. The molecule has 3 aromatic rings. The van der Waals surface area contributed by atoms with Crippen molar-refractivity contribution >= 4 is 11.6 Å². The summed E-state index contributed by atoms with van der Waals surface area (Å²) in [6.07, 6.45) is 2.74. The van der Waals surface area contributed by atoms with E-state index in [0.717, 1.165) is 24.6 Å². The Morgan fingerprint density at radius 1 is 1.18 bits per heavy atom. The topological polar surface area (TPSA) is 46.3 Å². The van der Waals surface area contributed by atoms with Gasteiger partial charge in [-0.25, -0.2) is 4.98 Å². The van der Waals surface area contributed by atoms with Crippen molar-refractivity contribution in [3.8, 4) is 0 Å². The van der Waals surface area contributed by atoms with Gasteiger partial charge in [0.2, 0.25) is 0 Å². The molecule has 0 radical (unpaired) electrons. The molecule has 1 saturated heterocycles. The van der Waals surface area contributed by atoms with Crippen LogP contribution in [0.3, 0.4) is 0 Å². The number of nitrogens with zero attached hydrogens (tertiary/aromatic N) is 5. The van der Waals surface area contributed by atoms with Crippen LogP contribution in [0, 0.1) is 13.8 Å². The largest absolute Gasteiger partial charge is 0.356 e. The predicted octanol–water partition coefficient (Wildman–Crippen LogP) is 2.74. The van der Waals surface area contributed by atoms with E-state index in [-0.39, 0.29) is 0 Å². The van der Waals surface area contributed by atoms with Crippen molar-refractivity contribution in [3.05, 3.63) is 53.5 Å². The molecule has 0 N–H and O–H groups in total. The summed E-state index contributed by atoms with van der Waals surface area (Å²) in [7, 11) is 0. The standard InChI is InChI=1S/C17H19N5/c1-12-5-3-4-6-15(12)14-7-8-21(10-14)16-9-13(2)20-17-18-11-19-22(16)17/h3-6,9,11,14H,7-8,10H2,1-2H3. The molecular formula is C17H19N5. The van der Waals surface area contributed by atoms with E-state index in [4.69, 9.17) is 0 Å². The van der Waals surface area contributed by atoms with Crippen LogP contribution < -0.4 is 4.90 Å². The van der Waals surface area contributed by atoms with Crippen LogP contribution in [0.5, 0.6) is 0 Å². The summed E-state index contributed by atoms with van der Waals surface area (Å²) in [5, 5.41) is 4.32. The number of fused-ring (bicyclic) bond motifs is 1. The molecule has 112 valence electrons. The summed E-state index contributed by atoms with van der Waals surface area (Å²) in [6, 6.07) is 10.8. The Morgan fingerprint density at radius 2 is 2.05 bits per heavy atom. The second-order valence-electron chi connectivity index (χ2n) is 6.02. The fourth-order valence-corrected chi connectivity index (χ4v) is 3.40. The molecule has 1 aliphatic rings. The van der Waals surface area contributed by atoms with Gasteiger partial charge in [-0.1, -0.05) is 24.3 Å². The van der Waals surface area contributed by atoms with Gasteiger partial charge in [-0.3, -0.25) is 0 Å². The van der Waals surface area contributed by atoms with Crippen molar-refractivity contribution in [2.45, 2.75) is 26.2 Å². The minimum Gasteiger partial charge on any atom is -0.356 e. The lowest BCUT2D eigenvalue weighted by Crippen LogP contribution is -2.22. The molecule has 4 rings (SSSR count). The lowest BCUT2D eigenvalue weighted by atomic mass is 9.94. The highest BCUT2D eigenvalue weighted by Gasteiger charge is 2.26. The SMILES string of the molecule is Cc1cc(N2CCC(c3ccccc3C)C2)n2ncnc2n1. The third kappa shape index (κ3) is 2.13. The molecule has 1 aromatic carbocycles.